The summed E-state index contributed by atoms with van der Waals surface area (Å²) in [5, 5.41) is 8.33. The minimum atomic E-state index is -0.391. The predicted octanol–water partition coefficient (Wildman–Crippen LogP) is 2.42. The first-order valence-electron chi connectivity index (χ1n) is 7.83. The summed E-state index contributed by atoms with van der Waals surface area (Å²) >= 11 is 1.41. The molecule has 0 unspecified atom stereocenters. The highest BCUT2D eigenvalue weighted by atomic mass is 32.1. The molecule has 0 radical (unpaired) electrons. The second kappa shape index (κ2) is 7.02. The van der Waals surface area contributed by atoms with Crippen molar-refractivity contribution in [1.29, 1.82) is 0 Å². The second-order valence-electron chi connectivity index (χ2n) is 5.50. The lowest BCUT2D eigenvalue weighted by Crippen LogP contribution is -2.17. The molecule has 25 heavy (non-hydrogen) atoms. The maximum absolute atomic E-state index is 12.2. The van der Waals surface area contributed by atoms with Crippen molar-refractivity contribution >= 4 is 28.0 Å². The molecule has 0 fully saturated rings. The topological polar surface area (TPSA) is 85.6 Å². The average Bonchev–Trinajstić information content (AvgIpc) is 3.04. The fourth-order valence-electron chi connectivity index (χ4n) is 2.37. The fraction of sp³-hybridized carbons (Fsp3) is 0.294. The van der Waals surface area contributed by atoms with Crippen molar-refractivity contribution in [2.75, 3.05) is 12.4 Å². The van der Waals surface area contributed by atoms with Crippen LogP contribution in [-0.2, 0) is 17.7 Å². The number of anilines is 1. The van der Waals surface area contributed by atoms with Gasteiger partial charge in [-0.1, -0.05) is 24.3 Å². The van der Waals surface area contributed by atoms with Gasteiger partial charge in [-0.15, -0.1) is 0 Å². The Balaban J connectivity index is 1.85. The van der Waals surface area contributed by atoms with Gasteiger partial charge in [0.05, 0.1) is 24.9 Å². The number of hydrogen-bond donors (Lipinski definition) is 1. The van der Waals surface area contributed by atoms with Crippen LogP contribution >= 0.6 is 11.3 Å². The van der Waals surface area contributed by atoms with Gasteiger partial charge in [0.15, 0.2) is 0 Å². The number of benzene rings is 1. The van der Waals surface area contributed by atoms with Gasteiger partial charge >= 0.3 is 5.97 Å². The van der Waals surface area contributed by atoms with E-state index in [1.165, 1.54) is 29.0 Å². The molecule has 0 saturated heterocycles. The fourth-order valence-corrected chi connectivity index (χ4v) is 3.23. The summed E-state index contributed by atoms with van der Waals surface area (Å²) in [6.45, 7) is 4.30. The Morgan fingerprint density at radius 1 is 1.36 bits per heavy atom. The molecule has 2 aromatic heterocycles. The Bertz CT molecular complexity index is 993. The summed E-state index contributed by atoms with van der Waals surface area (Å²) in [5.41, 5.74) is 2.67. The van der Waals surface area contributed by atoms with Crippen LogP contribution in [0.2, 0.25) is 0 Å². The van der Waals surface area contributed by atoms with Crippen LogP contribution < -0.4 is 10.9 Å². The molecule has 1 aromatic carbocycles. The lowest BCUT2D eigenvalue weighted by atomic mass is 10.1. The van der Waals surface area contributed by atoms with Gasteiger partial charge in [0.25, 0.3) is 5.56 Å². The van der Waals surface area contributed by atoms with Gasteiger partial charge < -0.3 is 10.1 Å². The number of aromatic nitrogens is 3. The van der Waals surface area contributed by atoms with Crippen molar-refractivity contribution in [3.63, 3.8) is 0 Å². The van der Waals surface area contributed by atoms with E-state index in [4.69, 9.17) is 4.74 Å². The van der Waals surface area contributed by atoms with Gasteiger partial charge in [0, 0.05) is 11.8 Å². The third kappa shape index (κ3) is 3.53. The molecule has 0 atom stereocenters. The number of esters is 1. The monoisotopic (exact) mass is 358 g/mol. The molecular formula is C17H18N4O3S. The third-order valence-electron chi connectivity index (χ3n) is 3.76. The number of rotatable bonds is 5. The van der Waals surface area contributed by atoms with Gasteiger partial charge in [-0.25, -0.2) is 9.78 Å². The van der Waals surface area contributed by atoms with E-state index in [1.54, 1.807) is 12.1 Å². The lowest BCUT2D eigenvalue weighted by Gasteiger charge is -2.10. The zero-order valence-electron chi connectivity index (χ0n) is 14.2. The highest BCUT2D eigenvalue weighted by Crippen LogP contribution is 2.18. The summed E-state index contributed by atoms with van der Waals surface area (Å²) in [4.78, 5) is 28.9. The number of carbonyl (C=O) groups is 1. The standard InChI is InChI=1S/C17H18N4O3S/c1-4-14-20-21-15(22)8-12(19-17(21)25-14)9-18-13-7-11(16(23)24-3)6-5-10(13)2/h5-8,18H,4,9H2,1-3H3. The minimum Gasteiger partial charge on any atom is -0.465 e. The third-order valence-corrected chi connectivity index (χ3v) is 4.81. The maximum atomic E-state index is 12.2. The summed E-state index contributed by atoms with van der Waals surface area (Å²) < 4.78 is 6.07. The summed E-state index contributed by atoms with van der Waals surface area (Å²) in [6, 6.07) is 6.76. The number of hydrogen-bond acceptors (Lipinski definition) is 7. The number of methoxy groups -OCH3 is 1. The van der Waals surface area contributed by atoms with Crippen LogP contribution in [0.1, 0.15) is 33.5 Å². The molecule has 3 rings (SSSR count). The molecule has 0 aliphatic rings. The molecule has 0 bridgehead atoms. The van der Waals surface area contributed by atoms with Gasteiger partial charge in [-0.2, -0.15) is 9.61 Å². The SMILES string of the molecule is CCc1nn2c(=O)cc(CNc3cc(C(=O)OC)ccc3C)nc2s1. The number of aryl methyl sites for hydroxylation is 2. The highest BCUT2D eigenvalue weighted by Gasteiger charge is 2.10. The molecule has 3 aromatic rings. The number of nitrogens with one attached hydrogen (secondary N) is 1. The average molecular weight is 358 g/mol. The van der Waals surface area contributed by atoms with E-state index in [1.807, 2.05) is 19.9 Å². The zero-order chi connectivity index (χ0) is 18.0. The quantitative estimate of drug-likeness (QED) is 0.705. The molecule has 2 heterocycles. The number of fused-ring (bicyclic) bond motifs is 1. The Morgan fingerprint density at radius 2 is 2.16 bits per heavy atom. The van der Waals surface area contributed by atoms with E-state index in [9.17, 15) is 9.59 Å². The molecule has 0 saturated carbocycles. The summed E-state index contributed by atoms with van der Waals surface area (Å²) in [5.74, 6) is -0.391. The van der Waals surface area contributed by atoms with E-state index in [0.717, 1.165) is 22.7 Å². The van der Waals surface area contributed by atoms with Crippen molar-refractivity contribution in [2.45, 2.75) is 26.8 Å². The van der Waals surface area contributed by atoms with Crippen LogP contribution in [0.5, 0.6) is 0 Å². The number of ether oxygens (including phenoxy) is 1. The predicted molar refractivity (Wildman–Crippen MR) is 96.4 cm³/mol. The first-order valence-corrected chi connectivity index (χ1v) is 8.65. The summed E-state index contributed by atoms with van der Waals surface area (Å²) in [7, 11) is 1.35. The van der Waals surface area contributed by atoms with Crippen molar-refractivity contribution in [1.82, 2.24) is 14.6 Å². The molecule has 0 amide bonds. The van der Waals surface area contributed by atoms with Crippen molar-refractivity contribution in [2.24, 2.45) is 0 Å². The van der Waals surface area contributed by atoms with E-state index >= 15 is 0 Å². The Hall–Kier alpha value is -2.74. The molecule has 1 N–H and O–H groups in total. The zero-order valence-corrected chi connectivity index (χ0v) is 15.0. The van der Waals surface area contributed by atoms with Crippen molar-refractivity contribution in [3.8, 4) is 0 Å². The van der Waals surface area contributed by atoms with Gasteiger partial charge in [0.2, 0.25) is 4.96 Å². The maximum Gasteiger partial charge on any atom is 0.337 e. The van der Waals surface area contributed by atoms with E-state index < -0.39 is 5.97 Å². The van der Waals surface area contributed by atoms with Gasteiger partial charge in [0.1, 0.15) is 5.01 Å². The van der Waals surface area contributed by atoms with Crippen LogP contribution in [0.4, 0.5) is 5.69 Å². The van der Waals surface area contributed by atoms with Crippen molar-refractivity contribution < 1.29 is 9.53 Å². The largest absolute Gasteiger partial charge is 0.465 e. The van der Waals surface area contributed by atoms with E-state index in [-0.39, 0.29) is 5.56 Å². The molecule has 0 spiro atoms. The molecule has 7 nitrogen and oxygen atoms in total. The molecule has 0 aliphatic carbocycles. The number of nitrogens with zero attached hydrogens (tertiary/aromatic N) is 3. The van der Waals surface area contributed by atoms with E-state index in [0.29, 0.717) is 22.8 Å². The normalized spacial score (nSPS) is 10.8. The molecule has 8 heteroatoms. The van der Waals surface area contributed by atoms with Crippen LogP contribution in [0.15, 0.2) is 29.1 Å². The summed E-state index contributed by atoms with van der Waals surface area (Å²) in [6.07, 6.45) is 0.764. The first kappa shape index (κ1) is 17.1. The van der Waals surface area contributed by atoms with Gasteiger partial charge in [-0.3, -0.25) is 4.79 Å². The van der Waals surface area contributed by atoms with Crippen molar-refractivity contribution in [3.05, 3.63) is 56.4 Å². The Morgan fingerprint density at radius 3 is 2.88 bits per heavy atom. The van der Waals surface area contributed by atoms with Crippen LogP contribution in [0.3, 0.4) is 0 Å². The Labute approximate surface area is 148 Å². The van der Waals surface area contributed by atoms with E-state index in [2.05, 4.69) is 15.4 Å². The Kier molecular flexibility index (Phi) is 4.80. The molecule has 130 valence electrons. The highest BCUT2D eigenvalue weighted by molar-refractivity contribution is 7.16. The smallest absolute Gasteiger partial charge is 0.337 e. The first-order chi connectivity index (χ1) is 12.0. The van der Waals surface area contributed by atoms with Gasteiger partial charge in [-0.05, 0) is 31.0 Å². The molecular weight excluding hydrogens is 340 g/mol. The van der Waals surface area contributed by atoms with Crippen LogP contribution in [0, 0.1) is 6.92 Å². The second-order valence-corrected chi connectivity index (χ2v) is 6.54. The minimum absolute atomic E-state index is 0.196. The van der Waals surface area contributed by atoms with Crippen LogP contribution in [-0.4, -0.2) is 27.7 Å². The molecule has 0 aliphatic heterocycles. The lowest BCUT2D eigenvalue weighted by molar-refractivity contribution is 0.0601. The van der Waals surface area contributed by atoms with Crippen LogP contribution in [0.25, 0.3) is 4.96 Å². The number of carbonyl (C=O) groups excluding carboxylic acids is 1.